The van der Waals surface area contributed by atoms with Crippen LogP contribution < -0.4 is 0 Å². The highest BCUT2D eigenvalue weighted by atomic mass is 19.1. The fraction of sp³-hybridized carbons (Fsp3) is 0.705. The van der Waals surface area contributed by atoms with Crippen molar-refractivity contribution in [1.29, 1.82) is 0 Å². The van der Waals surface area contributed by atoms with Gasteiger partial charge in [-0.3, -0.25) is 34.0 Å². The summed E-state index contributed by atoms with van der Waals surface area (Å²) >= 11 is 0. The molecule has 2 amide bonds. The summed E-state index contributed by atoms with van der Waals surface area (Å²) in [7, 11) is 8.28. The molecule has 0 aliphatic carbocycles. The molecule has 0 radical (unpaired) electrons. The van der Waals surface area contributed by atoms with Crippen LogP contribution in [0.15, 0.2) is 74.1 Å². The first-order chi connectivity index (χ1) is 59.3. The van der Waals surface area contributed by atoms with Crippen LogP contribution in [0, 0.1) is 60.2 Å². The Morgan fingerprint density at radius 3 is 1.28 bits per heavy atom. The van der Waals surface area contributed by atoms with Gasteiger partial charge in [0.25, 0.3) is 11.3 Å². The summed E-state index contributed by atoms with van der Waals surface area (Å²) < 4.78 is 99.1. The van der Waals surface area contributed by atoms with Gasteiger partial charge in [-0.25, -0.2) is 37.9 Å². The summed E-state index contributed by atoms with van der Waals surface area (Å²) in [5, 5.41) is 23.1. The highest BCUT2D eigenvalue weighted by Crippen LogP contribution is 2.47. The first-order valence-corrected chi connectivity index (χ1v) is 44.5. The molecule has 4 aromatic rings. The van der Waals surface area contributed by atoms with E-state index in [1.807, 2.05) is 90.6 Å². The Morgan fingerprint density at radius 2 is 0.937 bits per heavy atom. The van der Waals surface area contributed by atoms with E-state index in [-0.39, 0.29) is 69.9 Å². The van der Waals surface area contributed by atoms with E-state index in [4.69, 9.17) is 60.2 Å². The topological polar surface area (TPSA) is 344 Å². The number of ether oxygens (including phenoxy) is 10. The maximum atomic E-state index is 17.0. The minimum Gasteiger partial charge on any atom is -0.455 e. The van der Waals surface area contributed by atoms with E-state index in [0.29, 0.717) is 64.6 Å². The van der Waals surface area contributed by atoms with Gasteiger partial charge in [-0.05, 0) is 171 Å². The van der Waals surface area contributed by atoms with Crippen molar-refractivity contribution in [2.24, 2.45) is 35.5 Å². The number of pyridine rings is 2. The number of cyclic esters (lactones) is 2. The van der Waals surface area contributed by atoms with Gasteiger partial charge in [0.1, 0.15) is 36.0 Å². The molecule has 32 heteroatoms. The number of aryl methyl sites for hydroxylation is 2. The fourth-order valence-electron chi connectivity index (χ4n) is 19.3. The second-order valence-electron chi connectivity index (χ2n) is 36.5. The highest BCUT2D eigenvalue weighted by Gasteiger charge is 2.65. The number of hydrogen-bond donors (Lipinski definition) is 2. The number of ketones is 4. The third kappa shape index (κ3) is 24.0. The first-order valence-electron chi connectivity index (χ1n) is 44.5. The number of imidazole rings is 2. The number of Topliss-reactive ketones (excluding diaryl/α,β-unsaturated/α-hetero) is 4. The molecule has 6 aliphatic rings. The number of unbranched alkanes of at least 4 members (excludes halogenated alkanes) is 3. The van der Waals surface area contributed by atoms with Crippen LogP contribution in [0.3, 0.4) is 0 Å². The Balaban J connectivity index is 0.000000328. The third-order valence-corrected chi connectivity index (χ3v) is 26.6. The molecule has 0 saturated carbocycles. The van der Waals surface area contributed by atoms with Crippen molar-refractivity contribution in [3.8, 4) is 47.2 Å². The number of aliphatic hydroxyl groups excluding tert-OH is 2. The van der Waals surface area contributed by atoms with Gasteiger partial charge in [-0.1, -0.05) is 69.7 Å². The van der Waals surface area contributed by atoms with Gasteiger partial charge in [-0.15, -0.1) is 24.7 Å². The van der Waals surface area contributed by atoms with Gasteiger partial charge in [0, 0.05) is 156 Å². The van der Waals surface area contributed by atoms with Gasteiger partial charge >= 0.3 is 24.1 Å². The quantitative estimate of drug-likeness (QED) is 0.0205. The Bertz CT molecular complexity index is 4390. The molecule has 0 aromatic carbocycles. The van der Waals surface area contributed by atoms with Crippen molar-refractivity contribution in [3.05, 3.63) is 74.1 Å². The largest absolute Gasteiger partial charge is 0.455 e. The van der Waals surface area contributed by atoms with Crippen LogP contribution in [0.2, 0.25) is 0 Å². The molecular formula is C95H142F2N10O20. The minimum atomic E-state index is -3.20. The molecule has 6 fully saturated rings. The molecule has 127 heavy (non-hydrogen) atoms. The highest BCUT2D eigenvalue weighted by molar-refractivity contribution is 6.08. The van der Waals surface area contributed by atoms with E-state index in [1.165, 1.54) is 37.9 Å². The van der Waals surface area contributed by atoms with Crippen molar-refractivity contribution in [2.75, 3.05) is 55.0 Å². The molecule has 0 spiro atoms. The van der Waals surface area contributed by atoms with E-state index in [2.05, 4.69) is 38.7 Å². The van der Waals surface area contributed by atoms with Gasteiger partial charge < -0.3 is 81.4 Å². The lowest BCUT2D eigenvalue weighted by atomic mass is 9.73. The molecule has 6 saturated heterocycles. The van der Waals surface area contributed by atoms with Gasteiger partial charge in [0.05, 0.1) is 71.7 Å². The average molecular weight is 1780 g/mol. The summed E-state index contributed by atoms with van der Waals surface area (Å²) in [5.41, 5.74) is -9.14. The van der Waals surface area contributed by atoms with Crippen LogP contribution in [0.4, 0.5) is 18.4 Å². The molecule has 2 unspecified atom stereocenters. The Labute approximate surface area is 750 Å². The van der Waals surface area contributed by atoms with Gasteiger partial charge in [0.2, 0.25) is 0 Å². The molecule has 706 valence electrons. The average Bonchev–Trinajstić information content (AvgIpc) is 1.61. The van der Waals surface area contributed by atoms with Gasteiger partial charge in [0.15, 0.2) is 35.3 Å². The van der Waals surface area contributed by atoms with Crippen LogP contribution in [-0.4, -0.2) is 280 Å². The van der Waals surface area contributed by atoms with E-state index >= 15 is 8.78 Å². The number of nitrogens with zero attached hydrogens (tertiary/aromatic N) is 10. The molecule has 10 heterocycles. The standard InChI is InChI=1S/C46H66FN5O10.C43H64FN5O10.C5H8.CH4/c1-12-14-20-50(10)34-23-29(4)59-41(37(34)54)61-40-31(6)39(55)45(8,47)42(56)60-35(13-2)46(9)38(30(5)36(53)28(3)24-44(40,7)58-11)52(43(57)62-46)22-16-15-21-51-26-33(49-27-51)32-18-17-19-48-25-32;1-12-32-43(8)35(49(40(54)59-43)19-14-13-18-48-23-30(46-24-48)29-16-15-17-45-22-29)27(4)33(50)25(2)21-41(6,55-11)37(28(5)36(52)42(7,44)39(53)57-32)58-38-34(51)31(47(9)10)20-26(3)56-38;1-3-5-4-2;/h1,17-19,25-31,34-35,37-38,40-41,54H,13-16,20-24H2,2-11H3;15-17,22-28,31-32,34-35,37-38,51H,12-14,18-21H2,1-11H3;1H,4-5H2,2H3;1H4/t28-,29-,30+,31+,34+,35-,37-,38?,40-,41+,44-,45+,46-;25-,26-,27+,28+,31+,32-,34-,35?,37-,38+,41-,42+,43-;;/m11../s1. The Morgan fingerprint density at radius 1 is 0.559 bits per heavy atom. The number of methoxy groups -OCH3 is 2. The predicted octanol–water partition coefficient (Wildman–Crippen LogP) is 12.5. The number of terminal acetylenes is 2. The smallest absolute Gasteiger partial charge is 0.410 e. The fourth-order valence-corrected chi connectivity index (χ4v) is 19.3. The van der Waals surface area contributed by atoms with Gasteiger partial charge in [-0.2, -0.15) is 0 Å². The number of alkyl halides is 2. The summed E-state index contributed by atoms with van der Waals surface area (Å²) in [6, 6.07) is 4.89. The zero-order valence-electron chi connectivity index (χ0n) is 77.8. The number of amides is 2. The summed E-state index contributed by atoms with van der Waals surface area (Å²) in [5.74, 6) is -6.54. The zero-order valence-corrected chi connectivity index (χ0v) is 77.8. The number of fused-ring (bicyclic) bond motifs is 2. The number of aliphatic hydroxyl groups is 2. The molecule has 2 N–H and O–H groups in total. The van der Waals surface area contributed by atoms with Crippen LogP contribution in [0.1, 0.15) is 209 Å². The van der Waals surface area contributed by atoms with E-state index in [0.717, 1.165) is 49.2 Å². The number of likely N-dealkylation sites (N-methyl/N-ethyl adjacent to an activating group) is 2. The van der Waals surface area contributed by atoms with Crippen LogP contribution in [-0.2, 0) is 89.2 Å². The van der Waals surface area contributed by atoms with Crippen LogP contribution in [0.5, 0.6) is 0 Å². The van der Waals surface area contributed by atoms with E-state index in [1.54, 1.807) is 107 Å². The molecule has 26 atom stereocenters. The summed E-state index contributed by atoms with van der Waals surface area (Å²) in [4.78, 5) is 138. The number of halogens is 2. The lowest BCUT2D eigenvalue weighted by molar-refractivity contribution is -0.296. The van der Waals surface area contributed by atoms with Crippen molar-refractivity contribution in [2.45, 2.75) is 341 Å². The lowest BCUT2D eigenvalue weighted by Crippen LogP contribution is -2.62. The minimum absolute atomic E-state index is 0. The van der Waals surface area contributed by atoms with Crippen molar-refractivity contribution < 1.29 is 105 Å². The zero-order chi connectivity index (χ0) is 93.5. The number of esters is 2. The molecular weight excluding hydrogens is 1640 g/mol. The molecule has 6 aliphatic heterocycles. The summed E-state index contributed by atoms with van der Waals surface area (Å²) in [6.07, 6.45) is 18.4. The first kappa shape index (κ1) is 106. The van der Waals surface area contributed by atoms with E-state index in [9.17, 15) is 48.6 Å². The molecule has 30 nitrogen and oxygen atoms in total. The monoisotopic (exact) mass is 1780 g/mol. The lowest BCUT2D eigenvalue weighted by Gasteiger charge is -2.47. The second-order valence-corrected chi connectivity index (χ2v) is 36.5. The van der Waals surface area contributed by atoms with Crippen molar-refractivity contribution in [1.82, 2.24) is 48.7 Å². The maximum absolute atomic E-state index is 17.0. The van der Waals surface area contributed by atoms with Crippen LogP contribution >= 0.6 is 0 Å². The predicted molar refractivity (Wildman–Crippen MR) is 472 cm³/mol. The Hall–Kier alpha value is -8.54. The summed E-state index contributed by atoms with van der Waals surface area (Å²) in [6.45, 7) is 29.2. The number of hydrogen-bond acceptors (Lipinski definition) is 26. The SMILES string of the molecule is C.C#CCCC.C#CCCN(C)[C@H]1C[C@@H](C)O[C@@H](O[C@@H]2[C@@H](C)C(=O)[C@](C)(F)C(=O)O[C@H](CC)[C@@]3(C)OC(=O)N(CCCCn4cnc(-c5cccnc5)c4)C3[C@@H](C)C(=O)[C@H](C)C[C@@]2(C)OC)[C@@H]1O.CC[C@H]1OC(=O)[C@@](C)(F)C(=O)[C@H](C)[C@@H](O[C@@H]2O[C@H](C)C[C@H](N(C)C)[C@H]2O)[C@](C)(OC)C[C@@H](C)C(=O)[C@H](C)C2N(CCCCn3cnc(-c4cccnc4)c3)C(=O)O[C@@]21C. The Kier molecular flexibility index (Phi) is 37.7. The van der Waals surface area contributed by atoms with Crippen LogP contribution in [0.25, 0.3) is 22.5 Å². The van der Waals surface area contributed by atoms with Crippen molar-refractivity contribution >= 4 is 47.3 Å². The molecule has 10 rings (SSSR count). The second kappa shape index (κ2) is 45.3. The maximum Gasteiger partial charge on any atom is 0.410 e. The number of aromatic nitrogens is 6. The molecule has 4 aromatic heterocycles. The number of carbonyl (C=O) groups excluding carboxylic acids is 8. The van der Waals surface area contributed by atoms with Crippen molar-refractivity contribution in [3.63, 3.8) is 0 Å². The molecule has 0 bridgehead atoms. The third-order valence-electron chi connectivity index (χ3n) is 26.6. The number of carbonyl (C=O) groups is 8. The normalized spacial score (nSPS) is 35.4. The van der Waals surface area contributed by atoms with E-state index < -0.39 is 178 Å². The number of rotatable bonds is 25.